The molecule has 0 fully saturated rings. The normalized spacial score (nSPS) is 10.8. The number of nitrogens with one attached hydrogen (secondary N) is 1. The zero-order valence-electron chi connectivity index (χ0n) is 10.2. The average molecular weight is 315 g/mol. The Balaban J connectivity index is 2.40. The third-order valence-corrected chi connectivity index (χ3v) is 2.96. The van der Waals surface area contributed by atoms with Crippen molar-refractivity contribution in [3.8, 4) is 0 Å². The van der Waals surface area contributed by atoms with Crippen molar-refractivity contribution in [2.45, 2.75) is 32.6 Å². The molecule has 0 spiro atoms. The molecule has 18 heavy (non-hydrogen) atoms. The van der Waals surface area contributed by atoms with Crippen molar-refractivity contribution in [3.05, 3.63) is 34.1 Å². The Morgan fingerprint density at radius 3 is 2.94 bits per heavy atom. The lowest BCUT2D eigenvalue weighted by atomic mass is 10.2. The molecule has 3 nitrogen and oxygen atoms in total. The summed E-state index contributed by atoms with van der Waals surface area (Å²) in [5.41, 5.74) is 3.17. The van der Waals surface area contributed by atoms with Crippen LogP contribution in [0.25, 0.3) is 0 Å². The summed E-state index contributed by atoms with van der Waals surface area (Å²) in [6.07, 6.45) is 4.97. The molecule has 0 unspecified atom stereocenters. The predicted octanol–water partition coefficient (Wildman–Crippen LogP) is 3.62. The fourth-order valence-corrected chi connectivity index (χ4v) is 1.76. The summed E-state index contributed by atoms with van der Waals surface area (Å²) in [6.45, 7) is 2.09. The van der Waals surface area contributed by atoms with Gasteiger partial charge in [-0.25, -0.2) is 9.82 Å². The summed E-state index contributed by atoms with van der Waals surface area (Å²) >= 11 is 3.08. The Hall–Kier alpha value is -1.23. The van der Waals surface area contributed by atoms with Crippen LogP contribution in [0.2, 0.25) is 0 Å². The van der Waals surface area contributed by atoms with Crippen molar-refractivity contribution in [1.29, 1.82) is 0 Å². The van der Waals surface area contributed by atoms with Crippen LogP contribution in [0.5, 0.6) is 0 Å². The molecule has 0 heterocycles. The van der Waals surface area contributed by atoms with Crippen molar-refractivity contribution in [1.82, 2.24) is 5.43 Å². The number of carbonyl (C=O) groups excluding carboxylic acids is 1. The molecule has 1 amide bonds. The van der Waals surface area contributed by atoms with E-state index in [2.05, 4.69) is 33.4 Å². The van der Waals surface area contributed by atoms with Crippen LogP contribution in [-0.4, -0.2) is 12.1 Å². The van der Waals surface area contributed by atoms with Gasteiger partial charge in [-0.05, 0) is 40.0 Å². The number of rotatable bonds is 6. The number of amides is 1. The average Bonchev–Trinajstić information content (AvgIpc) is 2.34. The zero-order chi connectivity index (χ0) is 13.4. The lowest BCUT2D eigenvalue weighted by molar-refractivity contribution is -0.121. The first-order valence-electron chi connectivity index (χ1n) is 5.90. The first-order chi connectivity index (χ1) is 8.63. The van der Waals surface area contributed by atoms with Gasteiger partial charge in [-0.3, -0.25) is 4.79 Å². The third-order valence-electron chi connectivity index (χ3n) is 2.35. The molecule has 0 saturated heterocycles. The summed E-state index contributed by atoms with van der Waals surface area (Å²) in [5, 5.41) is 3.82. The minimum absolute atomic E-state index is 0.0964. The Bertz CT molecular complexity index is 435. The number of nitrogens with zero attached hydrogens (tertiary/aromatic N) is 1. The number of halogens is 2. The smallest absolute Gasteiger partial charge is 0.240 e. The van der Waals surface area contributed by atoms with Crippen LogP contribution in [0.1, 0.15) is 38.2 Å². The summed E-state index contributed by atoms with van der Waals surface area (Å²) in [5.74, 6) is -0.420. The SMILES string of the molecule is CCCCCC(=O)NN=Cc1ccc(F)c(Br)c1. The van der Waals surface area contributed by atoms with E-state index in [0.29, 0.717) is 10.9 Å². The van der Waals surface area contributed by atoms with Gasteiger partial charge >= 0.3 is 0 Å². The van der Waals surface area contributed by atoms with Gasteiger partial charge in [0.2, 0.25) is 5.91 Å². The van der Waals surface area contributed by atoms with E-state index in [1.807, 2.05) is 0 Å². The van der Waals surface area contributed by atoms with E-state index in [-0.39, 0.29) is 11.7 Å². The maximum absolute atomic E-state index is 13.0. The predicted molar refractivity (Wildman–Crippen MR) is 74.0 cm³/mol. The summed E-state index contributed by atoms with van der Waals surface area (Å²) in [7, 11) is 0. The molecule has 5 heteroatoms. The second-order valence-corrected chi connectivity index (χ2v) is 4.78. The second-order valence-electron chi connectivity index (χ2n) is 3.92. The molecule has 0 aliphatic carbocycles. The summed E-state index contributed by atoms with van der Waals surface area (Å²) in [4.78, 5) is 11.3. The molecule has 1 N–H and O–H groups in total. The highest BCUT2D eigenvalue weighted by atomic mass is 79.9. The molecule has 0 aromatic heterocycles. The zero-order valence-corrected chi connectivity index (χ0v) is 11.8. The van der Waals surface area contributed by atoms with Crippen molar-refractivity contribution >= 4 is 28.1 Å². The molecule has 0 saturated carbocycles. The number of hydrazone groups is 1. The van der Waals surface area contributed by atoms with Crippen molar-refractivity contribution < 1.29 is 9.18 Å². The molecular formula is C13H16BrFN2O. The number of hydrogen-bond acceptors (Lipinski definition) is 2. The molecule has 0 aliphatic rings. The van der Waals surface area contributed by atoms with Crippen LogP contribution >= 0.6 is 15.9 Å². The highest BCUT2D eigenvalue weighted by Gasteiger charge is 2.00. The Labute approximate surface area is 115 Å². The van der Waals surface area contributed by atoms with Gasteiger partial charge in [0.05, 0.1) is 10.7 Å². The maximum Gasteiger partial charge on any atom is 0.240 e. The van der Waals surface area contributed by atoms with E-state index in [1.165, 1.54) is 12.3 Å². The minimum Gasteiger partial charge on any atom is -0.273 e. The number of unbranched alkanes of at least 4 members (excludes halogenated alkanes) is 2. The minimum atomic E-state index is -0.323. The topological polar surface area (TPSA) is 41.5 Å². The van der Waals surface area contributed by atoms with Gasteiger partial charge in [0.15, 0.2) is 0 Å². The Morgan fingerprint density at radius 2 is 2.28 bits per heavy atom. The fraction of sp³-hybridized carbons (Fsp3) is 0.385. The standard InChI is InChI=1S/C13H16BrFN2O/c1-2-3-4-5-13(18)17-16-9-10-6-7-12(15)11(14)8-10/h6-9H,2-5H2,1H3,(H,17,18). The first-order valence-corrected chi connectivity index (χ1v) is 6.69. The van der Waals surface area contributed by atoms with E-state index in [4.69, 9.17) is 0 Å². The van der Waals surface area contributed by atoms with Gasteiger partial charge in [0.1, 0.15) is 5.82 Å². The maximum atomic E-state index is 13.0. The first kappa shape index (κ1) is 14.8. The highest BCUT2D eigenvalue weighted by molar-refractivity contribution is 9.10. The van der Waals surface area contributed by atoms with Gasteiger partial charge in [-0.15, -0.1) is 0 Å². The number of carbonyl (C=O) groups is 1. The second kappa shape index (κ2) is 7.97. The van der Waals surface area contributed by atoms with Crippen molar-refractivity contribution in [3.63, 3.8) is 0 Å². The van der Waals surface area contributed by atoms with Crippen LogP contribution in [-0.2, 0) is 4.79 Å². The van der Waals surface area contributed by atoms with E-state index in [1.54, 1.807) is 12.1 Å². The number of benzene rings is 1. The van der Waals surface area contributed by atoms with Crippen LogP contribution in [0, 0.1) is 5.82 Å². The molecule has 0 atom stereocenters. The lowest BCUT2D eigenvalue weighted by Crippen LogP contribution is -2.16. The van der Waals surface area contributed by atoms with Gasteiger partial charge in [-0.1, -0.05) is 25.8 Å². The van der Waals surface area contributed by atoms with Crippen molar-refractivity contribution in [2.24, 2.45) is 5.10 Å². The molecule has 0 aliphatic heterocycles. The van der Waals surface area contributed by atoms with Gasteiger partial charge < -0.3 is 0 Å². The molecule has 0 bridgehead atoms. The lowest BCUT2D eigenvalue weighted by Gasteiger charge is -1.99. The van der Waals surface area contributed by atoms with Gasteiger partial charge in [0, 0.05) is 6.42 Å². The van der Waals surface area contributed by atoms with Crippen LogP contribution in [0.3, 0.4) is 0 Å². The summed E-state index contributed by atoms with van der Waals surface area (Å²) < 4.78 is 13.3. The van der Waals surface area contributed by atoms with E-state index in [9.17, 15) is 9.18 Å². The Kier molecular flexibility index (Phi) is 6.57. The van der Waals surface area contributed by atoms with Crippen LogP contribution in [0.4, 0.5) is 4.39 Å². The van der Waals surface area contributed by atoms with Gasteiger partial charge in [0.25, 0.3) is 0 Å². The molecule has 1 aromatic carbocycles. The number of hydrogen-bond donors (Lipinski definition) is 1. The largest absolute Gasteiger partial charge is 0.273 e. The third kappa shape index (κ3) is 5.40. The van der Waals surface area contributed by atoms with E-state index in [0.717, 1.165) is 24.8 Å². The summed E-state index contributed by atoms with van der Waals surface area (Å²) in [6, 6.07) is 4.53. The highest BCUT2D eigenvalue weighted by Crippen LogP contribution is 2.15. The monoisotopic (exact) mass is 314 g/mol. The Morgan fingerprint density at radius 1 is 1.50 bits per heavy atom. The van der Waals surface area contributed by atoms with Crippen LogP contribution < -0.4 is 5.43 Å². The van der Waals surface area contributed by atoms with Gasteiger partial charge in [-0.2, -0.15) is 5.10 Å². The van der Waals surface area contributed by atoms with Crippen LogP contribution in [0.15, 0.2) is 27.8 Å². The van der Waals surface area contributed by atoms with E-state index >= 15 is 0 Å². The van der Waals surface area contributed by atoms with E-state index < -0.39 is 0 Å². The van der Waals surface area contributed by atoms with Crippen molar-refractivity contribution in [2.75, 3.05) is 0 Å². The fourth-order valence-electron chi connectivity index (χ4n) is 1.36. The quantitative estimate of drug-likeness (QED) is 0.486. The molecule has 1 rings (SSSR count). The molecule has 0 radical (unpaired) electrons. The molecule has 98 valence electrons. The molecule has 1 aromatic rings. The molecular weight excluding hydrogens is 299 g/mol.